The third kappa shape index (κ3) is 3.25. The molecule has 52 valence electrons. The van der Waals surface area contributed by atoms with Gasteiger partial charge in [-0.15, -0.1) is 11.8 Å². The Labute approximate surface area is 60.8 Å². The van der Waals surface area contributed by atoms with Crippen LogP contribution in [0, 0.1) is 0 Å². The van der Waals surface area contributed by atoms with Crippen LogP contribution in [0.1, 0.15) is 6.92 Å². The van der Waals surface area contributed by atoms with Gasteiger partial charge < -0.3 is 4.74 Å². The van der Waals surface area contributed by atoms with Crippen molar-refractivity contribution in [1.82, 2.24) is 0 Å². The van der Waals surface area contributed by atoms with Gasteiger partial charge in [-0.05, 0) is 24.2 Å². The third-order valence-electron chi connectivity index (χ3n) is 0.981. The van der Waals surface area contributed by atoms with E-state index in [0.717, 1.165) is 11.3 Å². The van der Waals surface area contributed by atoms with E-state index in [1.165, 1.54) is 0 Å². The quantitative estimate of drug-likeness (QED) is 0.444. The molecule has 0 saturated heterocycles. The first-order valence-electron chi connectivity index (χ1n) is 2.65. The molecule has 0 aromatic carbocycles. The maximum absolute atomic E-state index is 4.89. The van der Waals surface area contributed by atoms with Gasteiger partial charge in [0.25, 0.3) is 0 Å². The maximum atomic E-state index is 4.89. The summed E-state index contributed by atoms with van der Waals surface area (Å²) in [7, 11) is 1.62. The Morgan fingerprint density at radius 2 is 2.22 bits per heavy atom. The minimum Gasteiger partial charge on any atom is -0.497 e. The van der Waals surface area contributed by atoms with Crippen molar-refractivity contribution >= 4 is 11.8 Å². The van der Waals surface area contributed by atoms with Crippen LogP contribution in [0.15, 0.2) is 23.3 Å². The van der Waals surface area contributed by atoms with Crippen LogP contribution >= 0.6 is 11.8 Å². The summed E-state index contributed by atoms with van der Waals surface area (Å²) >= 11 is 1.65. The lowest BCUT2D eigenvalue weighted by Gasteiger charge is -2.01. The van der Waals surface area contributed by atoms with Gasteiger partial charge in [0.15, 0.2) is 0 Å². The van der Waals surface area contributed by atoms with E-state index in [2.05, 4.69) is 6.58 Å². The fourth-order valence-corrected chi connectivity index (χ4v) is 0.888. The fourth-order valence-electron chi connectivity index (χ4n) is 0.403. The summed E-state index contributed by atoms with van der Waals surface area (Å²) in [6.45, 7) is 5.66. The van der Waals surface area contributed by atoms with Gasteiger partial charge in [0, 0.05) is 0 Å². The van der Waals surface area contributed by atoms with Gasteiger partial charge in [-0.25, -0.2) is 0 Å². The van der Waals surface area contributed by atoms with Crippen molar-refractivity contribution in [2.75, 3.05) is 13.4 Å². The Hall–Kier alpha value is -0.370. The first-order chi connectivity index (χ1) is 4.22. The molecule has 1 nitrogen and oxygen atoms in total. The molecule has 9 heavy (non-hydrogen) atoms. The number of hydrogen-bond acceptors (Lipinski definition) is 2. The van der Waals surface area contributed by atoms with Crippen LogP contribution in [0.2, 0.25) is 0 Å². The normalized spacial score (nSPS) is 11.2. The molecule has 0 atom stereocenters. The molecule has 0 radical (unpaired) electrons. The molecule has 0 unspecified atom stereocenters. The number of allylic oxidation sites excluding steroid dienone is 1. The molecule has 0 aliphatic carbocycles. The first kappa shape index (κ1) is 8.63. The van der Waals surface area contributed by atoms with Crippen LogP contribution in [0.5, 0.6) is 0 Å². The molecule has 2 heteroatoms. The Morgan fingerprint density at radius 3 is 2.56 bits per heavy atom. The molecule has 0 N–H and O–H groups in total. The Morgan fingerprint density at radius 1 is 1.67 bits per heavy atom. The van der Waals surface area contributed by atoms with Gasteiger partial charge in [-0.1, -0.05) is 6.58 Å². The molecule has 0 saturated carbocycles. The van der Waals surface area contributed by atoms with E-state index in [0.29, 0.717) is 0 Å². The topological polar surface area (TPSA) is 9.23 Å². The summed E-state index contributed by atoms with van der Waals surface area (Å²) < 4.78 is 4.89. The van der Waals surface area contributed by atoms with Crippen molar-refractivity contribution in [3.8, 4) is 0 Å². The van der Waals surface area contributed by atoms with Gasteiger partial charge in [-0.3, -0.25) is 0 Å². The second-order valence-electron chi connectivity index (χ2n) is 1.66. The van der Waals surface area contributed by atoms with Crippen LogP contribution in [0.25, 0.3) is 0 Å². The van der Waals surface area contributed by atoms with Crippen LogP contribution in [0.4, 0.5) is 0 Å². The highest BCUT2D eigenvalue weighted by atomic mass is 32.2. The molecule has 0 bridgehead atoms. The average molecular weight is 144 g/mol. The zero-order chi connectivity index (χ0) is 7.28. The minimum atomic E-state index is 0.740. The van der Waals surface area contributed by atoms with Crippen LogP contribution in [-0.2, 0) is 4.74 Å². The Balaban J connectivity index is 3.86. The third-order valence-corrected chi connectivity index (χ3v) is 1.57. The molecular weight excluding hydrogens is 132 g/mol. The van der Waals surface area contributed by atoms with Crippen molar-refractivity contribution in [3.63, 3.8) is 0 Å². The smallest absolute Gasteiger partial charge is 0.115 e. The maximum Gasteiger partial charge on any atom is 0.115 e. The molecule has 0 heterocycles. The minimum absolute atomic E-state index is 0.740. The SMILES string of the molecule is C=C(OC)C(C)=CSC. The van der Waals surface area contributed by atoms with E-state index in [1.54, 1.807) is 18.9 Å². The van der Waals surface area contributed by atoms with Gasteiger partial charge in [0.2, 0.25) is 0 Å². The highest BCUT2D eigenvalue weighted by Gasteiger charge is 1.91. The summed E-state index contributed by atoms with van der Waals surface area (Å²) in [6.07, 6.45) is 2.01. The highest BCUT2D eigenvalue weighted by Crippen LogP contribution is 2.10. The van der Waals surface area contributed by atoms with E-state index >= 15 is 0 Å². The predicted molar refractivity (Wildman–Crippen MR) is 43.4 cm³/mol. The second kappa shape index (κ2) is 4.50. The first-order valence-corrected chi connectivity index (χ1v) is 3.94. The van der Waals surface area contributed by atoms with Gasteiger partial charge in [0.05, 0.1) is 7.11 Å². The van der Waals surface area contributed by atoms with E-state index < -0.39 is 0 Å². The van der Waals surface area contributed by atoms with Crippen molar-refractivity contribution in [2.45, 2.75) is 6.92 Å². The molecule has 0 fully saturated rings. The summed E-state index contributed by atoms with van der Waals surface area (Å²) in [5, 5.41) is 2.01. The molecule has 0 aromatic heterocycles. The number of rotatable bonds is 3. The predicted octanol–water partition coefficient (Wildman–Crippen LogP) is 2.41. The lowest BCUT2D eigenvalue weighted by Crippen LogP contribution is -1.84. The van der Waals surface area contributed by atoms with E-state index in [1.807, 2.05) is 18.6 Å². The standard InChI is InChI=1S/C7H12OS/c1-6(5-9-4)7(2)8-3/h5H,2H2,1,3-4H3. The molecule has 0 aromatic rings. The van der Waals surface area contributed by atoms with Crippen molar-refractivity contribution in [1.29, 1.82) is 0 Å². The zero-order valence-corrected chi connectivity index (χ0v) is 6.92. The number of methoxy groups -OCH3 is 1. The molecule has 0 rings (SSSR count). The Kier molecular flexibility index (Phi) is 4.32. The fraction of sp³-hybridized carbons (Fsp3) is 0.429. The summed E-state index contributed by atoms with van der Waals surface area (Å²) in [5.74, 6) is 0.740. The van der Waals surface area contributed by atoms with Crippen molar-refractivity contribution in [3.05, 3.63) is 23.3 Å². The number of thioether (sulfide) groups is 1. The molecule has 0 aliphatic rings. The van der Waals surface area contributed by atoms with Gasteiger partial charge in [-0.2, -0.15) is 0 Å². The van der Waals surface area contributed by atoms with E-state index in [9.17, 15) is 0 Å². The molecular formula is C7H12OS. The molecule has 0 spiro atoms. The van der Waals surface area contributed by atoms with E-state index in [-0.39, 0.29) is 0 Å². The van der Waals surface area contributed by atoms with Gasteiger partial charge >= 0.3 is 0 Å². The monoisotopic (exact) mass is 144 g/mol. The summed E-state index contributed by atoms with van der Waals surface area (Å²) in [4.78, 5) is 0. The summed E-state index contributed by atoms with van der Waals surface area (Å²) in [5.41, 5.74) is 1.09. The zero-order valence-electron chi connectivity index (χ0n) is 6.10. The number of ether oxygens (including phenoxy) is 1. The van der Waals surface area contributed by atoms with E-state index in [4.69, 9.17) is 4.74 Å². The van der Waals surface area contributed by atoms with Crippen LogP contribution < -0.4 is 0 Å². The Bertz CT molecular complexity index is 127. The lowest BCUT2D eigenvalue weighted by atomic mass is 10.3. The second-order valence-corrected chi connectivity index (χ2v) is 2.37. The van der Waals surface area contributed by atoms with Crippen LogP contribution in [0.3, 0.4) is 0 Å². The van der Waals surface area contributed by atoms with Crippen LogP contribution in [-0.4, -0.2) is 13.4 Å². The van der Waals surface area contributed by atoms with Crippen molar-refractivity contribution in [2.24, 2.45) is 0 Å². The molecule has 0 amide bonds. The number of hydrogen-bond donors (Lipinski definition) is 0. The van der Waals surface area contributed by atoms with Crippen molar-refractivity contribution < 1.29 is 4.74 Å². The average Bonchev–Trinajstić information content (AvgIpc) is 1.87. The molecule has 0 aliphatic heterocycles. The summed E-state index contributed by atoms with van der Waals surface area (Å²) in [6, 6.07) is 0. The highest BCUT2D eigenvalue weighted by molar-refractivity contribution is 8.01. The largest absolute Gasteiger partial charge is 0.497 e. The lowest BCUT2D eigenvalue weighted by molar-refractivity contribution is 0.303. The van der Waals surface area contributed by atoms with Gasteiger partial charge in [0.1, 0.15) is 5.76 Å².